The van der Waals surface area contributed by atoms with Gasteiger partial charge in [-0.3, -0.25) is 5.10 Å². The quantitative estimate of drug-likeness (QED) is 0.879. The lowest BCUT2D eigenvalue weighted by atomic mass is 9.69. The SMILES string of the molecule is CC1(C)CCCC(c2ccccc2-c2cc(C(=O)O)[nH]n2)C1. The number of hydrogen-bond donors (Lipinski definition) is 2. The van der Waals surface area contributed by atoms with E-state index in [1.807, 2.05) is 12.1 Å². The fourth-order valence-corrected chi connectivity index (χ4v) is 3.62. The van der Waals surface area contributed by atoms with E-state index in [4.69, 9.17) is 5.11 Å². The van der Waals surface area contributed by atoms with E-state index >= 15 is 0 Å². The maximum absolute atomic E-state index is 11.0. The highest BCUT2D eigenvalue weighted by Gasteiger charge is 2.30. The molecule has 1 fully saturated rings. The molecule has 1 atom stereocenters. The van der Waals surface area contributed by atoms with Crippen LogP contribution >= 0.6 is 0 Å². The number of aromatic amines is 1. The summed E-state index contributed by atoms with van der Waals surface area (Å²) in [4.78, 5) is 11.0. The van der Waals surface area contributed by atoms with Crippen LogP contribution in [-0.2, 0) is 0 Å². The fraction of sp³-hybridized carbons (Fsp3) is 0.444. The number of aromatic carboxylic acids is 1. The van der Waals surface area contributed by atoms with Gasteiger partial charge in [0.2, 0.25) is 0 Å². The molecule has 0 amide bonds. The Labute approximate surface area is 130 Å². The zero-order chi connectivity index (χ0) is 15.7. The summed E-state index contributed by atoms with van der Waals surface area (Å²) >= 11 is 0. The molecule has 4 heteroatoms. The Morgan fingerprint density at radius 2 is 2.14 bits per heavy atom. The first-order valence-corrected chi connectivity index (χ1v) is 7.84. The Balaban J connectivity index is 1.97. The van der Waals surface area contributed by atoms with Crippen molar-refractivity contribution >= 4 is 5.97 Å². The molecular formula is C18H22N2O2. The van der Waals surface area contributed by atoms with Gasteiger partial charge in [-0.25, -0.2) is 4.79 Å². The third kappa shape index (κ3) is 2.91. The molecule has 2 N–H and O–H groups in total. The van der Waals surface area contributed by atoms with Crippen LogP contribution in [0.1, 0.15) is 61.5 Å². The summed E-state index contributed by atoms with van der Waals surface area (Å²) in [5, 5.41) is 15.9. The molecule has 0 radical (unpaired) electrons. The van der Waals surface area contributed by atoms with Gasteiger partial charge < -0.3 is 5.11 Å². The largest absolute Gasteiger partial charge is 0.477 e. The van der Waals surface area contributed by atoms with Crippen molar-refractivity contribution in [2.24, 2.45) is 5.41 Å². The number of carboxylic acid groups (broad SMARTS) is 1. The van der Waals surface area contributed by atoms with E-state index in [2.05, 4.69) is 36.2 Å². The van der Waals surface area contributed by atoms with Crippen LogP contribution in [0.15, 0.2) is 30.3 Å². The monoisotopic (exact) mass is 298 g/mol. The van der Waals surface area contributed by atoms with Gasteiger partial charge in [0.25, 0.3) is 0 Å². The molecule has 2 aromatic rings. The summed E-state index contributed by atoms with van der Waals surface area (Å²) in [6.45, 7) is 4.66. The number of carbonyl (C=O) groups is 1. The van der Waals surface area contributed by atoms with Crippen LogP contribution in [0.4, 0.5) is 0 Å². The van der Waals surface area contributed by atoms with Crippen molar-refractivity contribution < 1.29 is 9.90 Å². The second-order valence-corrected chi connectivity index (χ2v) is 7.02. The van der Waals surface area contributed by atoms with Gasteiger partial charge in [0.05, 0.1) is 5.69 Å². The predicted molar refractivity (Wildman–Crippen MR) is 86.0 cm³/mol. The molecule has 0 aliphatic heterocycles. The molecule has 1 saturated carbocycles. The Hall–Kier alpha value is -2.10. The maximum atomic E-state index is 11.0. The Kier molecular flexibility index (Phi) is 3.77. The summed E-state index contributed by atoms with van der Waals surface area (Å²) in [6, 6.07) is 9.87. The van der Waals surface area contributed by atoms with Gasteiger partial charge in [0, 0.05) is 5.56 Å². The van der Waals surface area contributed by atoms with Crippen molar-refractivity contribution in [2.45, 2.75) is 45.4 Å². The second-order valence-electron chi connectivity index (χ2n) is 7.02. The maximum Gasteiger partial charge on any atom is 0.353 e. The van der Waals surface area contributed by atoms with E-state index in [9.17, 15) is 4.79 Å². The summed E-state index contributed by atoms with van der Waals surface area (Å²) in [5.74, 6) is -0.458. The topological polar surface area (TPSA) is 66.0 Å². The Morgan fingerprint density at radius 3 is 2.82 bits per heavy atom. The van der Waals surface area contributed by atoms with Crippen LogP contribution in [0.2, 0.25) is 0 Å². The minimum atomic E-state index is -0.977. The number of nitrogens with one attached hydrogen (secondary N) is 1. The number of benzene rings is 1. The number of carboxylic acids is 1. The van der Waals surface area contributed by atoms with Crippen LogP contribution in [0.25, 0.3) is 11.3 Å². The molecule has 116 valence electrons. The molecule has 3 rings (SSSR count). The first-order valence-electron chi connectivity index (χ1n) is 7.84. The molecule has 1 aromatic heterocycles. The van der Waals surface area contributed by atoms with E-state index in [1.54, 1.807) is 6.07 Å². The number of aromatic nitrogens is 2. The van der Waals surface area contributed by atoms with Crippen LogP contribution in [0, 0.1) is 5.41 Å². The summed E-state index contributed by atoms with van der Waals surface area (Å²) in [5.41, 5.74) is 3.56. The molecule has 1 aromatic carbocycles. The lowest BCUT2D eigenvalue weighted by molar-refractivity contribution is 0.0690. The van der Waals surface area contributed by atoms with Crippen molar-refractivity contribution in [3.8, 4) is 11.3 Å². The molecule has 22 heavy (non-hydrogen) atoms. The normalized spacial score (nSPS) is 20.7. The van der Waals surface area contributed by atoms with Crippen molar-refractivity contribution in [1.82, 2.24) is 10.2 Å². The van der Waals surface area contributed by atoms with Gasteiger partial charge in [-0.15, -0.1) is 0 Å². The number of nitrogens with zero attached hydrogens (tertiary/aromatic N) is 1. The minimum absolute atomic E-state index is 0.133. The molecule has 0 bridgehead atoms. The second kappa shape index (κ2) is 5.59. The third-order valence-electron chi connectivity index (χ3n) is 4.69. The fourth-order valence-electron chi connectivity index (χ4n) is 3.62. The minimum Gasteiger partial charge on any atom is -0.477 e. The third-order valence-corrected chi connectivity index (χ3v) is 4.69. The lowest BCUT2D eigenvalue weighted by Gasteiger charge is -2.36. The molecule has 1 aliphatic carbocycles. The average Bonchev–Trinajstić information content (AvgIpc) is 2.96. The van der Waals surface area contributed by atoms with Gasteiger partial charge >= 0.3 is 5.97 Å². The van der Waals surface area contributed by atoms with E-state index in [0.717, 1.165) is 11.3 Å². The number of hydrogen-bond acceptors (Lipinski definition) is 2. The van der Waals surface area contributed by atoms with Gasteiger partial charge in [-0.1, -0.05) is 44.5 Å². The van der Waals surface area contributed by atoms with Crippen molar-refractivity contribution in [1.29, 1.82) is 0 Å². The molecule has 1 aliphatic rings. The van der Waals surface area contributed by atoms with Crippen molar-refractivity contribution in [2.75, 3.05) is 0 Å². The first-order chi connectivity index (χ1) is 10.5. The first kappa shape index (κ1) is 14.8. The zero-order valence-electron chi connectivity index (χ0n) is 13.1. The molecule has 1 heterocycles. The zero-order valence-corrected chi connectivity index (χ0v) is 13.1. The number of rotatable bonds is 3. The van der Waals surface area contributed by atoms with Gasteiger partial charge in [-0.2, -0.15) is 5.10 Å². The van der Waals surface area contributed by atoms with E-state index in [1.165, 1.54) is 31.2 Å². The van der Waals surface area contributed by atoms with E-state index < -0.39 is 5.97 Å². The summed E-state index contributed by atoms with van der Waals surface area (Å²) in [7, 11) is 0. The molecule has 4 nitrogen and oxygen atoms in total. The van der Waals surface area contributed by atoms with E-state index in [-0.39, 0.29) is 5.69 Å². The van der Waals surface area contributed by atoms with Crippen molar-refractivity contribution in [3.05, 3.63) is 41.6 Å². The Morgan fingerprint density at radius 1 is 1.36 bits per heavy atom. The lowest BCUT2D eigenvalue weighted by Crippen LogP contribution is -2.21. The molecular weight excluding hydrogens is 276 g/mol. The molecule has 0 saturated heterocycles. The van der Waals surface area contributed by atoms with Crippen LogP contribution in [-0.4, -0.2) is 21.3 Å². The number of H-pyrrole nitrogens is 1. The van der Waals surface area contributed by atoms with Crippen molar-refractivity contribution in [3.63, 3.8) is 0 Å². The van der Waals surface area contributed by atoms with Crippen LogP contribution in [0.5, 0.6) is 0 Å². The smallest absolute Gasteiger partial charge is 0.353 e. The highest BCUT2D eigenvalue weighted by molar-refractivity contribution is 5.87. The average molecular weight is 298 g/mol. The summed E-state index contributed by atoms with van der Waals surface area (Å²) in [6.07, 6.45) is 4.88. The van der Waals surface area contributed by atoms with Gasteiger partial charge in [-0.05, 0) is 42.2 Å². The van der Waals surface area contributed by atoms with Crippen LogP contribution < -0.4 is 0 Å². The highest BCUT2D eigenvalue weighted by atomic mass is 16.4. The molecule has 0 spiro atoms. The van der Waals surface area contributed by atoms with Gasteiger partial charge in [0.15, 0.2) is 0 Å². The standard InChI is InChI=1S/C18H22N2O2/c1-18(2)9-5-6-12(11-18)13-7-3-4-8-14(13)15-10-16(17(21)22)20-19-15/h3-4,7-8,10,12H,5-6,9,11H2,1-2H3,(H,19,20)(H,21,22). The summed E-state index contributed by atoms with van der Waals surface area (Å²) < 4.78 is 0. The van der Waals surface area contributed by atoms with Crippen LogP contribution in [0.3, 0.4) is 0 Å². The predicted octanol–water partition coefficient (Wildman–Crippen LogP) is 4.46. The highest BCUT2D eigenvalue weighted by Crippen LogP contribution is 2.45. The van der Waals surface area contributed by atoms with E-state index in [0.29, 0.717) is 11.3 Å². The molecule has 1 unspecified atom stereocenters. The Bertz CT molecular complexity index is 688. The van der Waals surface area contributed by atoms with Gasteiger partial charge in [0.1, 0.15) is 5.69 Å².